The Morgan fingerprint density at radius 2 is 1.82 bits per heavy atom. The topological polar surface area (TPSA) is 18.5 Å². The van der Waals surface area contributed by atoms with Gasteiger partial charge in [-0.2, -0.15) is 0 Å². The average Bonchev–Trinajstić information content (AvgIpc) is 2.23. The van der Waals surface area contributed by atoms with Crippen molar-refractivity contribution >= 4 is 0 Å². The van der Waals surface area contributed by atoms with Crippen LogP contribution in [0.1, 0.15) is 47.0 Å². The maximum atomic E-state index is 13.2. The van der Waals surface area contributed by atoms with Crippen molar-refractivity contribution in [1.29, 1.82) is 0 Å². The summed E-state index contributed by atoms with van der Waals surface area (Å²) in [6.07, 6.45) is 1.08. The smallest absolute Gasteiger partial charge is 0.270 e. The second-order valence-corrected chi connectivity index (χ2v) is 4.92. The molecule has 0 aliphatic carbocycles. The number of halogens is 2. The van der Waals surface area contributed by atoms with E-state index in [1.807, 2.05) is 6.92 Å². The maximum absolute atomic E-state index is 13.2. The minimum Gasteiger partial charge on any atom is -0.378 e. The Morgan fingerprint density at radius 1 is 1.18 bits per heavy atom. The maximum Gasteiger partial charge on any atom is 0.270 e. The molecule has 0 radical (unpaired) electrons. The van der Waals surface area contributed by atoms with Crippen molar-refractivity contribution in [2.24, 2.45) is 5.92 Å². The van der Waals surface area contributed by atoms with Crippen LogP contribution in [-0.2, 0) is 9.47 Å². The van der Waals surface area contributed by atoms with E-state index in [9.17, 15) is 8.78 Å². The van der Waals surface area contributed by atoms with E-state index in [2.05, 4.69) is 13.8 Å². The minimum absolute atomic E-state index is 0.0558. The molecule has 1 atom stereocenters. The third-order valence-electron chi connectivity index (χ3n) is 2.38. The van der Waals surface area contributed by atoms with Crippen LogP contribution in [0.15, 0.2) is 0 Å². The lowest BCUT2D eigenvalue weighted by Crippen LogP contribution is -2.24. The monoisotopic (exact) mass is 252 g/mol. The van der Waals surface area contributed by atoms with Crippen LogP contribution in [0, 0.1) is 5.92 Å². The van der Waals surface area contributed by atoms with Crippen molar-refractivity contribution in [3.63, 3.8) is 0 Å². The van der Waals surface area contributed by atoms with E-state index < -0.39 is 12.5 Å². The molecule has 0 aromatic rings. The molecular weight excluding hydrogens is 226 g/mol. The molecule has 0 spiro atoms. The Kier molecular flexibility index (Phi) is 8.70. The highest BCUT2D eigenvalue weighted by molar-refractivity contribution is 4.66. The molecule has 0 aliphatic rings. The molecule has 4 heteroatoms. The molecule has 0 aliphatic heterocycles. The molecule has 0 fully saturated rings. The van der Waals surface area contributed by atoms with Crippen molar-refractivity contribution in [3.05, 3.63) is 0 Å². The lowest BCUT2D eigenvalue weighted by molar-refractivity contribution is -0.0828. The van der Waals surface area contributed by atoms with Gasteiger partial charge in [-0.3, -0.25) is 0 Å². The SMILES string of the molecule is CCOCC(F)(F)CCCC(C)OCC(C)C. The van der Waals surface area contributed by atoms with Gasteiger partial charge < -0.3 is 9.47 Å². The summed E-state index contributed by atoms with van der Waals surface area (Å²) in [7, 11) is 0. The highest BCUT2D eigenvalue weighted by Crippen LogP contribution is 2.22. The van der Waals surface area contributed by atoms with E-state index >= 15 is 0 Å². The van der Waals surface area contributed by atoms with Gasteiger partial charge in [-0.1, -0.05) is 13.8 Å². The number of rotatable bonds is 10. The highest BCUT2D eigenvalue weighted by atomic mass is 19.3. The molecule has 0 saturated carbocycles. The highest BCUT2D eigenvalue weighted by Gasteiger charge is 2.28. The normalized spacial score (nSPS) is 14.3. The molecule has 2 nitrogen and oxygen atoms in total. The van der Waals surface area contributed by atoms with Gasteiger partial charge in [-0.05, 0) is 32.6 Å². The molecule has 0 rings (SSSR count). The van der Waals surface area contributed by atoms with Gasteiger partial charge in [0.05, 0.1) is 6.10 Å². The van der Waals surface area contributed by atoms with Gasteiger partial charge in [0.25, 0.3) is 5.92 Å². The van der Waals surface area contributed by atoms with Crippen molar-refractivity contribution in [2.45, 2.75) is 59.0 Å². The summed E-state index contributed by atoms with van der Waals surface area (Å²) in [5.74, 6) is -2.22. The van der Waals surface area contributed by atoms with E-state index in [1.165, 1.54) is 0 Å². The zero-order valence-corrected chi connectivity index (χ0v) is 11.5. The predicted molar refractivity (Wildman–Crippen MR) is 65.5 cm³/mol. The number of alkyl halides is 2. The van der Waals surface area contributed by atoms with Crippen LogP contribution < -0.4 is 0 Å². The van der Waals surface area contributed by atoms with Gasteiger partial charge >= 0.3 is 0 Å². The molecule has 17 heavy (non-hydrogen) atoms. The van der Waals surface area contributed by atoms with Crippen LogP contribution in [0.3, 0.4) is 0 Å². The number of hydrogen-bond acceptors (Lipinski definition) is 2. The summed E-state index contributed by atoms with van der Waals surface area (Å²) in [4.78, 5) is 0. The van der Waals surface area contributed by atoms with E-state index in [-0.39, 0.29) is 12.5 Å². The lowest BCUT2D eigenvalue weighted by Gasteiger charge is -2.18. The fourth-order valence-corrected chi connectivity index (χ4v) is 1.41. The molecule has 0 bridgehead atoms. The molecular formula is C13H26F2O2. The third kappa shape index (κ3) is 10.6. The summed E-state index contributed by atoms with van der Waals surface area (Å²) >= 11 is 0. The fraction of sp³-hybridized carbons (Fsp3) is 1.00. The van der Waals surface area contributed by atoms with Crippen LogP contribution in [0.5, 0.6) is 0 Å². The zero-order chi connectivity index (χ0) is 13.3. The van der Waals surface area contributed by atoms with Crippen molar-refractivity contribution < 1.29 is 18.3 Å². The molecule has 0 heterocycles. The first-order valence-electron chi connectivity index (χ1n) is 6.44. The molecule has 0 N–H and O–H groups in total. The van der Waals surface area contributed by atoms with E-state index in [4.69, 9.17) is 9.47 Å². The van der Waals surface area contributed by atoms with Crippen molar-refractivity contribution in [1.82, 2.24) is 0 Å². The molecule has 0 saturated heterocycles. The van der Waals surface area contributed by atoms with Gasteiger partial charge in [0.2, 0.25) is 0 Å². The van der Waals surface area contributed by atoms with Crippen molar-refractivity contribution in [2.75, 3.05) is 19.8 Å². The largest absolute Gasteiger partial charge is 0.378 e. The first kappa shape index (κ1) is 16.8. The van der Waals surface area contributed by atoms with E-state index in [0.717, 1.165) is 0 Å². The van der Waals surface area contributed by atoms with Crippen molar-refractivity contribution in [3.8, 4) is 0 Å². The van der Waals surface area contributed by atoms with Gasteiger partial charge in [0.1, 0.15) is 6.61 Å². The second-order valence-electron chi connectivity index (χ2n) is 4.92. The molecule has 0 amide bonds. The summed E-state index contributed by atoms with van der Waals surface area (Å²) in [5.41, 5.74) is 0. The van der Waals surface area contributed by atoms with Crippen LogP contribution in [0.25, 0.3) is 0 Å². The Labute approximate surface area is 104 Å². The zero-order valence-electron chi connectivity index (χ0n) is 11.5. The van der Waals surface area contributed by atoms with Crippen LogP contribution in [-0.4, -0.2) is 31.8 Å². The average molecular weight is 252 g/mol. The van der Waals surface area contributed by atoms with Gasteiger partial charge in [-0.15, -0.1) is 0 Å². The van der Waals surface area contributed by atoms with Gasteiger partial charge in [-0.25, -0.2) is 8.78 Å². The lowest BCUT2D eigenvalue weighted by atomic mass is 10.1. The quantitative estimate of drug-likeness (QED) is 0.587. The van der Waals surface area contributed by atoms with Crippen LogP contribution >= 0.6 is 0 Å². The Hall–Kier alpha value is -0.220. The van der Waals surface area contributed by atoms with Gasteiger partial charge in [0, 0.05) is 19.6 Å². The molecule has 104 valence electrons. The Bertz CT molecular complexity index is 184. The van der Waals surface area contributed by atoms with Crippen LogP contribution in [0.4, 0.5) is 8.78 Å². The summed E-state index contributed by atoms with van der Waals surface area (Å²) in [6, 6.07) is 0. The predicted octanol–water partition coefficient (Wildman–Crippen LogP) is 3.89. The number of ether oxygens (including phenoxy) is 2. The summed E-state index contributed by atoms with van der Waals surface area (Å²) in [6.45, 7) is 8.36. The molecule has 0 aromatic heterocycles. The Balaban J connectivity index is 3.60. The standard InChI is InChI=1S/C13H26F2O2/c1-5-16-10-13(14,15)8-6-7-12(4)17-9-11(2)3/h11-12H,5-10H2,1-4H3. The second kappa shape index (κ2) is 8.81. The van der Waals surface area contributed by atoms with Crippen LogP contribution in [0.2, 0.25) is 0 Å². The molecule has 1 unspecified atom stereocenters. The molecule has 0 aromatic carbocycles. The van der Waals surface area contributed by atoms with E-state index in [1.54, 1.807) is 6.92 Å². The fourth-order valence-electron chi connectivity index (χ4n) is 1.41. The first-order chi connectivity index (χ1) is 7.87. The Morgan fingerprint density at radius 3 is 2.35 bits per heavy atom. The summed E-state index contributed by atoms with van der Waals surface area (Å²) in [5, 5.41) is 0. The first-order valence-corrected chi connectivity index (χ1v) is 6.44. The van der Waals surface area contributed by atoms with E-state index in [0.29, 0.717) is 32.0 Å². The third-order valence-corrected chi connectivity index (χ3v) is 2.38. The number of hydrogen-bond donors (Lipinski definition) is 0. The minimum atomic E-state index is -2.70. The van der Waals surface area contributed by atoms with Gasteiger partial charge in [0.15, 0.2) is 0 Å². The summed E-state index contributed by atoms with van der Waals surface area (Å²) < 4.78 is 36.7.